The van der Waals surface area contributed by atoms with E-state index in [-0.39, 0.29) is 29.9 Å². The quantitative estimate of drug-likeness (QED) is 0.778. The van der Waals surface area contributed by atoms with E-state index in [0.29, 0.717) is 12.2 Å². The Morgan fingerprint density at radius 1 is 1.42 bits per heavy atom. The molecule has 1 fully saturated rings. The van der Waals surface area contributed by atoms with Crippen LogP contribution in [-0.4, -0.2) is 55.9 Å². The van der Waals surface area contributed by atoms with Crippen LogP contribution in [0.15, 0.2) is 23.6 Å². The predicted molar refractivity (Wildman–Crippen MR) is 102 cm³/mol. The largest absolute Gasteiger partial charge is 0.496 e. The fourth-order valence-corrected chi connectivity index (χ4v) is 5.54. The second kappa shape index (κ2) is 7.36. The van der Waals surface area contributed by atoms with Crippen LogP contribution in [0.25, 0.3) is 11.3 Å². The standard InChI is InChI=1S/C18H22N2O4S2/c1-12-19-16(10-25-12)13-4-5-17(24-3)14(8-13)9-18(21)20(2)15-6-7-26(22,23)11-15/h4-5,8,10,15H,6-7,9,11H2,1-3H3/t15-/m0/s1. The first-order chi connectivity index (χ1) is 12.3. The molecule has 1 saturated heterocycles. The van der Waals surface area contributed by atoms with Crippen molar-refractivity contribution >= 4 is 27.1 Å². The fraction of sp³-hybridized carbons (Fsp3) is 0.444. The van der Waals surface area contributed by atoms with E-state index in [1.54, 1.807) is 30.4 Å². The molecule has 0 aliphatic carbocycles. The molecule has 1 atom stereocenters. The van der Waals surface area contributed by atoms with E-state index in [1.165, 1.54) is 0 Å². The normalized spacial score (nSPS) is 18.7. The highest BCUT2D eigenvalue weighted by atomic mass is 32.2. The number of rotatable bonds is 5. The van der Waals surface area contributed by atoms with Crippen LogP contribution in [0.4, 0.5) is 0 Å². The van der Waals surface area contributed by atoms with Gasteiger partial charge in [-0.25, -0.2) is 13.4 Å². The Hall–Kier alpha value is -1.93. The highest BCUT2D eigenvalue weighted by Gasteiger charge is 2.32. The average molecular weight is 395 g/mol. The molecule has 0 radical (unpaired) electrons. The van der Waals surface area contributed by atoms with Gasteiger partial charge in [0.2, 0.25) is 5.91 Å². The van der Waals surface area contributed by atoms with Crippen LogP contribution >= 0.6 is 11.3 Å². The number of sulfone groups is 1. The zero-order valence-corrected chi connectivity index (χ0v) is 16.7. The van der Waals surface area contributed by atoms with E-state index < -0.39 is 9.84 Å². The van der Waals surface area contributed by atoms with Gasteiger partial charge in [0.1, 0.15) is 5.75 Å². The lowest BCUT2D eigenvalue weighted by atomic mass is 10.0. The number of hydrogen-bond acceptors (Lipinski definition) is 6. The van der Waals surface area contributed by atoms with Gasteiger partial charge >= 0.3 is 0 Å². The van der Waals surface area contributed by atoms with Crippen molar-refractivity contribution < 1.29 is 17.9 Å². The maximum absolute atomic E-state index is 12.7. The van der Waals surface area contributed by atoms with Crippen LogP contribution < -0.4 is 4.74 Å². The highest BCUT2D eigenvalue weighted by molar-refractivity contribution is 7.91. The lowest BCUT2D eigenvalue weighted by Gasteiger charge is -2.24. The Bertz CT molecular complexity index is 921. The van der Waals surface area contributed by atoms with Crippen LogP contribution in [0.3, 0.4) is 0 Å². The zero-order chi connectivity index (χ0) is 18.9. The van der Waals surface area contributed by atoms with Crippen molar-refractivity contribution in [2.75, 3.05) is 25.7 Å². The molecule has 1 amide bonds. The number of likely N-dealkylation sites (N-methyl/N-ethyl adjacent to an activating group) is 1. The summed E-state index contributed by atoms with van der Waals surface area (Å²) < 4.78 is 28.7. The minimum absolute atomic E-state index is 0.0461. The number of carbonyl (C=O) groups excluding carboxylic acids is 1. The number of methoxy groups -OCH3 is 1. The molecule has 0 bridgehead atoms. The summed E-state index contributed by atoms with van der Waals surface area (Å²) in [4.78, 5) is 18.7. The topological polar surface area (TPSA) is 76.6 Å². The first kappa shape index (κ1) is 18.8. The summed E-state index contributed by atoms with van der Waals surface area (Å²) in [5.41, 5.74) is 2.58. The van der Waals surface area contributed by atoms with Gasteiger partial charge in [0.15, 0.2) is 9.84 Å². The van der Waals surface area contributed by atoms with E-state index in [0.717, 1.165) is 21.8 Å². The molecule has 6 nitrogen and oxygen atoms in total. The van der Waals surface area contributed by atoms with E-state index in [1.807, 2.05) is 30.5 Å². The first-order valence-corrected chi connectivity index (χ1v) is 11.0. The SMILES string of the molecule is COc1ccc(-c2csc(C)n2)cc1CC(=O)N(C)[C@H]1CCS(=O)(=O)C1. The number of benzene rings is 1. The molecule has 1 aliphatic rings. The van der Waals surface area contributed by atoms with Crippen molar-refractivity contribution in [3.8, 4) is 17.0 Å². The van der Waals surface area contributed by atoms with Crippen molar-refractivity contribution in [3.05, 3.63) is 34.2 Å². The number of aromatic nitrogens is 1. The van der Waals surface area contributed by atoms with Crippen LogP contribution in [-0.2, 0) is 21.1 Å². The number of amides is 1. The zero-order valence-electron chi connectivity index (χ0n) is 15.1. The Labute approximate surface area is 157 Å². The summed E-state index contributed by atoms with van der Waals surface area (Å²) in [5.74, 6) is 0.723. The van der Waals surface area contributed by atoms with Crippen molar-refractivity contribution in [1.29, 1.82) is 0 Å². The molecule has 140 valence electrons. The molecule has 0 unspecified atom stereocenters. The minimum atomic E-state index is -3.03. The molecule has 1 aliphatic heterocycles. The molecule has 2 aromatic rings. The maximum Gasteiger partial charge on any atom is 0.227 e. The molecule has 1 aromatic heterocycles. The van der Waals surface area contributed by atoms with Crippen LogP contribution in [0.2, 0.25) is 0 Å². The second-order valence-corrected chi connectivity index (χ2v) is 9.81. The summed E-state index contributed by atoms with van der Waals surface area (Å²) in [6.45, 7) is 1.95. The second-order valence-electron chi connectivity index (χ2n) is 6.52. The lowest BCUT2D eigenvalue weighted by Crippen LogP contribution is -2.38. The van der Waals surface area contributed by atoms with Gasteiger partial charge in [-0.1, -0.05) is 0 Å². The Kier molecular flexibility index (Phi) is 5.34. The van der Waals surface area contributed by atoms with Crippen LogP contribution in [0, 0.1) is 6.92 Å². The fourth-order valence-electron chi connectivity index (χ4n) is 3.14. The van der Waals surface area contributed by atoms with Gasteiger partial charge in [-0.3, -0.25) is 4.79 Å². The maximum atomic E-state index is 12.7. The Balaban J connectivity index is 1.80. The van der Waals surface area contributed by atoms with Gasteiger partial charge in [0, 0.05) is 29.6 Å². The molecule has 0 N–H and O–H groups in total. The van der Waals surface area contributed by atoms with E-state index in [2.05, 4.69) is 4.98 Å². The Morgan fingerprint density at radius 3 is 2.77 bits per heavy atom. The summed E-state index contributed by atoms with van der Waals surface area (Å²) in [6.07, 6.45) is 0.660. The predicted octanol–water partition coefficient (Wildman–Crippen LogP) is 2.32. The number of thiazole rings is 1. The molecule has 26 heavy (non-hydrogen) atoms. The van der Waals surface area contributed by atoms with E-state index >= 15 is 0 Å². The average Bonchev–Trinajstić information content (AvgIpc) is 3.19. The number of aryl methyl sites for hydroxylation is 1. The summed E-state index contributed by atoms with van der Waals surface area (Å²) in [7, 11) is 0.221. The Morgan fingerprint density at radius 2 is 2.19 bits per heavy atom. The van der Waals surface area contributed by atoms with Gasteiger partial charge < -0.3 is 9.64 Å². The lowest BCUT2D eigenvalue weighted by molar-refractivity contribution is -0.130. The summed E-state index contributed by atoms with van der Waals surface area (Å²) >= 11 is 1.58. The highest BCUT2D eigenvalue weighted by Crippen LogP contribution is 2.28. The van der Waals surface area contributed by atoms with Crippen molar-refractivity contribution in [2.24, 2.45) is 0 Å². The molecule has 2 heterocycles. The third kappa shape index (κ3) is 4.07. The molecule has 8 heteroatoms. The third-order valence-corrected chi connectivity index (χ3v) is 7.21. The van der Waals surface area contributed by atoms with Gasteiger partial charge in [0.25, 0.3) is 0 Å². The van der Waals surface area contributed by atoms with E-state index in [9.17, 15) is 13.2 Å². The van der Waals surface area contributed by atoms with Gasteiger partial charge in [0.05, 0.1) is 35.7 Å². The van der Waals surface area contributed by atoms with Gasteiger partial charge in [-0.15, -0.1) is 11.3 Å². The molecular weight excluding hydrogens is 372 g/mol. The van der Waals surface area contributed by atoms with Crippen molar-refractivity contribution in [2.45, 2.75) is 25.8 Å². The molecule has 3 rings (SSSR count). The van der Waals surface area contributed by atoms with E-state index in [4.69, 9.17) is 4.74 Å². The number of hydrogen-bond donors (Lipinski definition) is 0. The summed E-state index contributed by atoms with van der Waals surface area (Å²) in [6, 6.07) is 5.44. The van der Waals surface area contributed by atoms with Crippen molar-refractivity contribution in [3.63, 3.8) is 0 Å². The monoisotopic (exact) mass is 394 g/mol. The number of ether oxygens (including phenoxy) is 1. The van der Waals surface area contributed by atoms with Crippen LogP contribution in [0.1, 0.15) is 17.0 Å². The molecule has 1 aromatic carbocycles. The third-order valence-electron chi connectivity index (χ3n) is 4.69. The smallest absolute Gasteiger partial charge is 0.227 e. The minimum Gasteiger partial charge on any atom is -0.496 e. The van der Waals surface area contributed by atoms with Gasteiger partial charge in [-0.05, 0) is 31.5 Å². The van der Waals surface area contributed by atoms with Crippen molar-refractivity contribution in [1.82, 2.24) is 9.88 Å². The molecular formula is C18H22N2O4S2. The summed E-state index contributed by atoms with van der Waals surface area (Å²) in [5, 5.41) is 2.97. The van der Waals surface area contributed by atoms with Crippen LogP contribution in [0.5, 0.6) is 5.75 Å². The number of nitrogens with zero attached hydrogens (tertiary/aromatic N) is 2. The first-order valence-electron chi connectivity index (χ1n) is 8.34. The molecule has 0 saturated carbocycles. The van der Waals surface area contributed by atoms with Gasteiger partial charge in [-0.2, -0.15) is 0 Å². The molecule has 0 spiro atoms. The number of carbonyl (C=O) groups is 1.